The minimum atomic E-state index is -0.0384. The zero-order valence-corrected chi connectivity index (χ0v) is 11.9. The van der Waals surface area contributed by atoms with Crippen molar-refractivity contribution in [1.82, 2.24) is 15.3 Å². The number of aromatic amines is 1. The van der Waals surface area contributed by atoms with Crippen molar-refractivity contribution in [3.8, 4) is 0 Å². The minimum absolute atomic E-state index is 0.0384. The number of hydrogen-bond donors (Lipinski definition) is 2. The largest absolute Gasteiger partial charge is 0.310 e. The van der Waals surface area contributed by atoms with Crippen LogP contribution in [0.25, 0.3) is 0 Å². The molecule has 1 saturated carbocycles. The molecule has 0 aliphatic heterocycles. The molecule has 0 spiro atoms. The van der Waals surface area contributed by atoms with Crippen molar-refractivity contribution in [2.75, 3.05) is 0 Å². The molecule has 4 nitrogen and oxygen atoms in total. The first-order valence-corrected chi connectivity index (χ1v) is 7.68. The van der Waals surface area contributed by atoms with E-state index < -0.39 is 0 Å². The number of fused-ring (bicyclic) bond motifs is 1. The van der Waals surface area contributed by atoms with Gasteiger partial charge in [0.05, 0.1) is 5.69 Å². The van der Waals surface area contributed by atoms with Gasteiger partial charge in [-0.05, 0) is 36.8 Å². The molecular formula is C17H19N3O. The van der Waals surface area contributed by atoms with E-state index in [9.17, 15) is 4.79 Å². The monoisotopic (exact) mass is 281 g/mol. The molecule has 0 unspecified atom stereocenters. The number of rotatable bonds is 4. The summed E-state index contributed by atoms with van der Waals surface area (Å²) in [5.74, 6) is 1.14. The average molecular weight is 281 g/mol. The molecule has 0 amide bonds. The van der Waals surface area contributed by atoms with E-state index in [1.165, 1.54) is 24.0 Å². The van der Waals surface area contributed by atoms with Gasteiger partial charge in [-0.3, -0.25) is 4.79 Å². The SMILES string of the molecule is O=c1cc(CNC2CC2)nc(C2Cc3ccccc3C2)[nH]1. The number of hydrogen-bond acceptors (Lipinski definition) is 3. The molecule has 108 valence electrons. The fourth-order valence-corrected chi connectivity index (χ4v) is 3.10. The molecule has 2 aromatic rings. The molecule has 4 heteroatoms. The van der Waals surface area contributed by atoms with Crippen LogP contribution in [0, 0.1) is 0 Å². The molecule has 1 aromatic carbocycles. The van der Waals surface area contributed by atoms with Gasteiger partial charge in [-0.2, -0.15) is 0 Å². The van der Waals surface area contributed by atoms with Crippen molar-refractivity contribution < 1.29 is 0 Å². The molecule has 1 aromatic heterocycles. The van der Waals surface area contributed by atoms with Crippen LogP contribution in [0.5, 0.6) is 0 Å². The Morgan fingerprint density at radius 1 is 1.19 bits per heavy atom. The molecule has 21 heavy (non-hydrogen) atoms. The molecule has 2 aliphatic carbocycles. The third kappa shape index (κ3) is 2.76. The summed E-state index contributed by atoms with van der Waals surface area (Å²) in [5, 5.41) is 3.42. The first kappa shape index (κ1) is 12.8. The zero-order valence-electron chi connectivity index (χ0n) is 11.9. The minimum Gasteiger partial charge on any atom is -0.310 e. The lowest BCUT2D eigenvalue weighted by atomic mass is 10.1. The quantitative estimate of drug-likeness (QED) is 0.900. The molecule has 2 aliphatic rings. The summed E-state index contributed by atoms with van der Waals surface area (Å²) >= 11 is 0. The highest BCUT2D eigenvalue weighted by molar-refractivity contribution is 5.35. The van der Waals surface area contributed by atoms with Crippen LogP contribution in [-0.4, -0.2) is 16.0 Å². The fraction of sp³-hybridized carbons (Fsp3) is 0.412. The standard InChI is InChI=1S/C17H19N3O/c21-16-9-15(10-18-14-5-6-14)19-17(20-16)13-7-11-3-1-2-4-12(11)8-13/h1-4,9,13-14,18H,5-8,10H2,(H,19,20,21). The van der Waals surface area contributed by atoms with Gasteiger partial charge < -0.3 is 10.3 Å². The highest BCUT2D eigenvalue weighted by atomic mass is 16.1. The lowest BCUT2D eigenvalue weighted by Crippen LogP contribution is -2.21. The summed E-state index contributed by atoms with van der Waals surface area (Å²) < 4.78 is 0. The van der Waals surface area contributed by atoms with Crippen LogP contribution >= 0.6 is 0 Å². The third-order valence-corrected chi connectivity index (χ3v) is 4.40. The number of aromatic nitrogens is 2. The van der Waals surface area contributed by atoms with Gasteiger partial charge in [0.25, 0.3) is 5.56 Å². The van der Waals surface area contributed by atoms with Gasteiger partial charge in [0.1, 0.15) is 5.82 Å². The van der Waals surface area contributed by atoms with Crippen LogP contribution < -0.4 is 10.9 Å². The zero-order chi connectivity index (χ0) is 14.2. The van der Waals surface area contributed by atoms with Gasteiger partial charge in [0.2, 0.25) is 0 Å². The van der Waals surface area contributed by atoms with Crippen LogP contribution in [0.1, 0.15) is 41.4 Å². The first-order chi connectivity index (χ1) is 10.3. The third-order valence-electron chi connectivity index (χ3n) is 4.40. The molecule has 1 heterocycles. The van der Waals surface area contributed by atoms with Crippen molar-refractivity contribution in [2.24, 2.45) is 0 Å². The van der Waals surface area contributed by atoms with E-state index in [4.69, 9.17) is 0 Å². The lowest BCUT2D eigenvalue weighted by molar-refractivity contribution is 0.637. The van der Waals surface area contributed by atoms with Crippen LogP contribution in [0.4, 0.5) is 0 Å². The van der Waals surface area contributed by atoms with Gasteiger partial charge in [-0.15, -0.1) is 0 Å². The Morgan fingerprint density at radius 3 is 2.57 bits per heavy atom. The topological polar surface area (TPSA) is 57.8 Å². The molecule has 0 radical (unpaired) electrons. The summed E-state index contributed by atoms with van der Waals surface area (Å²) in [6, 6.07) is 10.7. The molecule has 0 atom stereocenters. The Balaban J connectivity index is 1.56. The number of H-pyrrole nitrogens is 1. The normalized spacial score (nSPS) is 17.9. The van der Waals surface area contributed by atoms with Crippen LogP contribution in [0.3, 0.4) is 0 Å². The molecule has 0 bridgehead atoms. The predicted octanol–water partition coefficient (Wildman–Crippen LogP) is 1.90. The fourth-order valence-electron chi connectivity index (χ4n) is 3.10. The maximum Gasteiger partial charge on any atom is 0.251 e. The number of nitrogens with one attached hydrogen (secondary N) is 2. The number of benzene rings is 1. The maximum atomic E-state index is 11.9. The van der Waals surface area contributed by atoms with Gasteiger partial charge in [-0.25, -0.2) is 4.98 Å². The summed E-state index contributed by atoms with van der Waals surface area (Å²) in [4.78, 5) is 19.5. The van der Waals surface area contributed by atoms with Gasteiger partial charge >= 0.3 is 0 Å². The van der Waals surface area contributed by atoms with Crippen LogP contribution in [0.15, 0.2) is 35.1 Å². The Morgan fingerprint density at radius 2 is 1.90 bits per heavy atom. The Hall–Kier alpha value is -1.94. The number of nitrogens with zero attached hydrogens (tertiary/aromatic N) is 1. The van der Waals surface area contributed by atoms with Crippen molar-refractivity contribution in [3.63, 3.8) is 0 Å². The molecule has 1 fully saturated rings. The van der Waals surface area contributed by atoms with Gasteiger partial charge in [0.15, 0.2) is 0 Å². The maximum absolute atomic E-state index is 11.9. The molecular weight excluding hydrogens is 262 g/mol. The van der Waals surface area contributed by atoms with Crippen molar-refractivity contribution in [1.29, 1.82) is 0 Å². The van der Waals surface area contributed by atoms with Crippen molar-refractivity contribution in [3.05, 3.63) is 63.3 Å². The lowest BCUT2D eigenvalue weighted by Gasteiger charge is -2.10. The summed E-state index contributed by atoms with van der Waals surface area (Å²) in [6.45, 7) is 0.696. The Kier molecular flexibility index (Phi) is 3.11. The van der Waals surface area contributed by atoms with E-state index in [0.29, 0.717) is 18.5 Å². The summed E-state index contributed by atoms with van der Waals surface area (Å²) in [6.07, 6.45) is 4.43. The van der Waals surface area contributed by atoms with E-state index in [1.54, 1.807) is 6.07 Å². The highest BCUT2D eigenvalue weighted by Gasteiger charge is 2.25. The second kappa shape index (κ2) is 5.11. The van der Waals surface area contributed by atoms with E-state index in [1.807, 2.05) is 0 Å². The second-order valence-corrected chi connectivity index (χ2v) is 6.15. The molecule has 0 saturated heterocycles. The smallest absolute Gasteiger partial charge is 0.251 e. The Labute approximate surface area is 123 Å². The van der Waals surface area contributed by atoms with E-state index in [2.05, 4.69) is 39.6 Å². The van der Waals surface area contributed by atoms with Gasteiger partial charge in [0, 0.05) is 24.6 Å². The second-order valence-electron chi connectivity index (χ2n) is 6.15. The summed E-state index contributed by atoms with van der Waals surface area (Å²) in [7, 11) is 0. The van der Waals surface area contributed by atoms with E-state index >= 15 is 0 Å². The predicted molar refractivity (Wildman–Crippen MR) is 81.3 cm³/mol. The molecule has 4 rings (SSSR count). The van der Waals surface area contributed by atoms with E-state index in [0.717, 1.165) is 24.4 Å². The average Bonchev–Trinajstić information content (AvgIpc) is 3.21. The van der Waals surface area contributed by atoms with E-state index in [-0.39, 0.29) is 5.56 Å². The van der Waals surface area contributed by atoms with Crippen LogP contribution in [0.2, 0.25) is 0 Å². The van der Waals surface area contributed by atoms with Crippen molar-refractivity contribution >= 4 is 0 Å². The Bertz CT molecular complexity index is 693. The van der Waals surface area contributed by atoms with Crippen molar-refractivity contribution in [2.45, 2.75) is 44.2 Å². The summed E-state index contributed by atoms with van der Waals surface area (Å²) in [5.41, 5.74) is 3.58. The first-order valence-electron chi connectivity index (χ1n) is 7.68. The highest BCUT2D eigenvalue weighted by Crippen LogP contribution is 2.31. The van der Waals surface area contributed by atoms with Crippen LogP contribution in [-0.2, 0) is 19.4 Å². The molecule has 2 N–H and O–H groups in total. The van der Waals surface area contributed by atoms with Gasteiger partial charge in [-0.1, -0.05) is 24.3 Å².